The lowest BCUT2D eigenvalue weighted by molar-refractivity contribution is 0.0691. The zero-order chi connectivity index (χ0) is 12.6. The van der Waals surface area contributed by atoms with E-state index in [1.54, 1.807) is 10.6 Å². The first-order chi connectivity index (χ1) is 7.97. The van der Waals surface area contributed by atoms with E-state index in [9.17, 15) is 4.79 Å². The van der Waals surface area contributed by atoms with Crippen molar-refractivity contribution in [2.24, 2.45) is 0 Å². The Labute approximate surface area is 105 Å². The van der Waals surface area contributed by atoms with Gasteiger partial charge in [0.1, 0.15) is 4.60 Å². The number of ether oxygens (including phenoxy) is 1. The summed E-state index contributed by atoms with van der Waals surface area (Å²) in [4.78, 5) is 18.9. The summed E-state index contributed by atoms with van der Waals surface area (Å²) in [7, 11) is 0. The Morgan fingerprint density at radius 2 is 2.18 bits per heavy atom. The maximum absolute atomic E-state index is 10.8. The van der Waals surface area contributed by atoms with Crippen LogP contribution in [0.5, 0.6) is 5.88 Å². The van der Waals surface area contributed by atoms with Crippen molar-refractivity contribution in [1.82, 2.24) is 14.4 Å². The predicted molar refractivity (Wildman–Crippen MR) is 63.4 cm³/mol. The van der Waals surface area contributed by atoms with Gasteiger partial charge in [-0.05, 0) is 29.8 Å². The van der Waals surface area contributed by atoms with Crippen LogP contribution in [-0.4, -0.2) is 31.5 Å². The fraction of sp³-hybridized carbons (Fsp3) is 0.300. The highest BCUT2D eigenvalue weighted by molar-refractivity contribution is 9.10. The average Bonchev–Trinajstić information content (AvgIpc) is 2.60. The van der Waals surface area contributed by atoms with Crippen LogP contribution >= 0.6 is 15.9 Å². The van der Waals surface area contributed by atoms with Crippen molar-refractivity contribution in [2.45, 2.75) is 20.0 Å². The van der Waals surface area contributed by atoms with E-state index >= 15 is 0 Å². The van der Waals surface area contributed by atoms with Gasteiger partial charge in [-0.25, -0.2) is 14.8 Å². The standard InChI is InChI=1S/C10H10BrN3O3/c1-5(2)17-9-8-12-6(10(15)16)3-14(8)4-7(11)13-9/h3-5H,1-2H3,(H,15,16). The largest absolute Gasteiger partial charge is 0.476 e. The highest BCUT2D eigenvalue weighted by Crippen LogP contribution is 2.21. The molecule has 2 aromatic rings. The van der Waals surface area contributed by atoms with E-state index in [1.807, 2.05) is 13.8 Å². The second kappa shape index (κ2) is 4.33. The van der Waals surface area contributed by atoms with Gasteiger partial charge < -0.3 is 9.84 Å². The molecular formula is C10H10BrN3O3. The Kier molecular flexibility index (Phi) is 3.01. The smallest absolute Gasteiger partial charge is 0.356 e. The molecule has 2 rings (SSSR count). The molecule has 0 aliphatic carbocycles. The van der Waals surface area contributed by atoms with E-state index in [0.29, 0.717) is 16.1 Å². The lowest BCUT2D eigenvalue weighted by Crippen LogP contribution is -2.08. The molecule has 0 atom stereocenters. The van der Waals surface area contributed by atoms with Crippen LogP contribution in [0.25, 0.3) is 5.65 Å². The molecule has 0 saturated carbocycles. The number of carboxylic acids is 1. The number of halogens is 1. The highest BCUT2D eigenvalue weighted by atomic mass is 79.9. The molecule has 0 saturated heterocycles. The Balaban J connectivity index is 2.61. The van der Waals surface area contributed by atoms with Crippen molar-refractivity contribution in [3.8, 4) is 5.88 Å². The molecule has 0 bridgehead atoms. The molecule has 2 aromatic heterocycles. The first kappa shape index (κ1) is 11.8. The monoisotopic (exact) mass is 299 g/mol. The molecule has 0 amide bonds. The third-order valence-corrected chi connectivity index (χ3v) is 2.33. The summed E-state index contributed by atoms with van der Waals surface area (Å²) in [5, 5.41) is 8.88. The number of aromatic nitrogens is 3. The van der Waals surface area contributed by atoms with Crippen molar-refractivity contribution >= 4 is 27.5 Å². The van der Waals surface area contributed by atoms with Gasteiger partial charge in [0, 0.05) is 12.4 Å². The number of carboxylic acid groups (broad SMARTS) is 1. The molecule has 0 spiro atoms. The summed E-state index contributed by atoms with van der Waals surface area (Å²) >= 11 is 3.23. The van der Waals surface area contributed by atoms with Crippen LogP contribution < -0.4 is 4.74 Å². The third kappa shape index (κ3) is 2.38. The van der Waals surface area contributed by atoms with E-state index in [2.05, 4.69) is 25.9 Å². The Hall–Kier alpha value is -1.63. The van der Waals surface area contributed by atoms with E-state index in [1.165, 1.54) is 6.20 Å². The van der Waals surface area contributed by atoms with Crippen LogP contribution in [-0.2, 0) is 0 Å². The quantitative estimate of drug-likeness (QED) is 0.938. The summed E-state index contributed by atoms with van der Waals surface area (Å²) in [6, 6.07) is 0. The average molecular weight is 300 g/mol. The number of imidazole rings is 1. The van der Waals surface area contributed by atoms with Gasteiger partial charge in [-0.2, -0.15) is 0 Å². The first-order valence-electron chi connectivity index (χ1n) is 4.92. The first-order valence-corrected chi connectivity index (χ1v) is 5.72. The van der Waals surface area contributed by atoms with E-state index in [-0.39, 0.29) is 11.8 Å². The van der Waals surface area contributed by atoms with Crippen LogP contribution in [0.4, 0.5) is 0 Å². The van der Waals surface area contributed by atoms with Crippen molar-refractivity contribution in [1.29, 1.82) is 0 Å². The molecule has 1 N–H and O–H groups in total. The summed E-state index contributed by atoms with van der Waals surface area (Å²) in [6.07, 6.45) is 2.98. The number of fused-ring (bicyclic) bond motifs is 1. The molecule has 0 aromatic carbocycles. The van der Waals surface area contributed by atoms with Gasteiger partial charge in [-0.3, -0.25) is 4.40 Å². The predicted octanol–water partition coefficient (Wildman–Crippen LogP) is 1.98. The minimum atomic E-state index is -1.08. The lowest BCUT2D eigenvalue weighted by atomic mass is 10.5. The van der Waals surface area contributed by atoms with Gasteiger partial charge in [0.2, 0.25) is 5.65 Å². The van der Waals surface area contributed by atoms with Crippen molar-refractivity contribution < 1.29 is 14.6 Å². The SMILES string of the molecule is CC(C)Oc1nc(Br)cn2cc(C(=O)O)nc12. The van der Waals surface area contributed by atoms with Gasteiger partial charge >= 0.3 is 5.97 Å². The molecule has 7 heteroatoms. The number of hydrogen-bond acceptors (Lipinski definition) is 4. The van der Waals surface area contributed by atoms with Crippen LogP contribution in [0.15, 0.2) is 17.0 Å². The molecular weight excluding hydrogens is 290 g/mol. The van der Waals surface area contributed by atoms with E-state index in [4.69, 9.17) is 9.84 Å². The molecule has 0 radical (unpaired) electrons. The van der Waals surface area contributed by atoms with Crippen molar-refractivity contribution in [3.05, 3.63) is 22.7 Å². The molecule has 0 unspecified atom stereocenters. The maximum Gasteiger partial charge on any atom is 0.356 e. The zero-order valence-corrected chi connectivity index (χ0v) is 10.8. The zero-order valence-electron chi connectivity index (χ0n) is 9.22. The number of carbonyl (C=O) groups is 1. The Morgan fingerprint density at radius 3 is 2.76 bits per heavy atom. The van der Waals surface area contributed by atoms with Gasteiger partial charge in [0.15, 0.2) is 5.69 Å². The summed E-state index contributed by atoms with van der Waals surface area (Å²) in [5.74, 6) is -0.776. The summed E-state index contributed by atoms with van der Waals surface area (Å²) < 4.78 is 7.60. The van der Waals surface area contributed by atoms with Crippen LogP contribution in [0.1, 0.15) is 24.3 Å². The maximum atomic E-state index is 10.8. The third-order valence-electron chi connectivity index (χ3n) is 1.94. The molecule has 0 aliphatic rings. The molecule has 0 aliphatic heterocycles. The van der Waals surface area contributed by atoms with E-state index in [0.717, 1.165) is 0 Å². The molecule has 0 fully saturated rings. The second-order valence-corrected chi connectivity index (χ2v) is 4.51. The summed E-state index contributed by atoms with van der Waals surface area (Å²) in [5.41, 5.74) is 0.345. The molecule has 6 nitrogen and oxygen atoms in total. The van der Waals surface area contributed by atoms with E-state index < -0.39 is 5.97 Å². The fourth-order valence-electron chi connectivity index (χ4n) is 1.35. The molecule has 2 heterocycles. The Bertz CT molecular complexity index is 579. The van der Waals surface area contributed by atoms with Gasteiger partial charge in [-0.15, -0.1) is 0 Å². The lowest BCUT2D eigenvalue weighted by Gasteiger charge is -2.09. The number of nitrogens with zero attached hydrogens (tertiary/aromatic N) is 3. The number of aromatic carboxylic acids is 1. The second-order valence-electron chi connectivity index (χ2n) is 3.70. The van der Waals surface area contributed by atoms with Crippen molar-refractivity contribution in [3.63, 3.8) is 0 Å². The van der Waals surface area contributed by atoms with Gasteiger partial charge in [0.25, 0.3) is 5.88 Å². The minimum absolute atomic E-state index is 0.0430. The number of rotatable bonds is 3. The normalized spacial score (nSPS) is 11.1. The highest BCUT2D eigenvalue weighted by Gasteiger charge is 2.15. The van der Waals surface area contributed by atoms with Crippen LogP contribution in [0, 0.1) is 0 Å². The molecule has 90 valence electrons. The minimum Gasteiger partial charge on any atom is -0.476 e. The molecule has 17 heavy (non-hydrogen) atoms. The van der Waals surface area contributed by atoms with Crippen LogP contribution in [0.2, 0.25) is 0 Å². The van der Waals surface area contributed by atoms with Gasteiger partial charge in [0.05, 0.1) is 6.10 Å². The number of hydrogen-bond donors (Lipinski definition) is 1. The fourth-order valence-corrected chi connectivity index (χ4v) is 1.73. The Morgan fingerprint density at radius 1 is 1.47 bits per heavy atom. The van der Waals surface area contributed by atoms with Crippen LogP contribution in [0.3, 0.4) is 0 Å². The van der Waals surface area contributed by atoms with Crippen molar-refractivity contribution in [2.75, 3.05) is 0 Å². The van der Waals surface area contributed by atoms with Gasteiger partial charge in [-0.1, -0.05) is 0 Å². The topological polar surface area (TPSA) is 76.7 Å². The summed E-state index contributed by atoms with van der Waals surface area (Å²) in [6.45, 7) is 3.72.